The van der Waals surface area contributed by atoms with Gasteiger partial charge in [0.05, 0.1) is 5.56 Å². The van der Waals surface area contributed by atoms with E-state index in [2.05, 4.69) is 10.1 Å². The van der Waals surface area contributed by atoms with Gasteiger partial charge in [-0.05, 0) is 26.0 Å². The lowest BCUT2D eigenvalue weighted by atomic mass is 10.2. The Morgan fingerprint density at radius 3 is 2.67 bits per heavy atom. The lowest BCUT2D eigenvalue weighted by molar-refractivity contribution is -0.0504. The zero-order chi connectivity index (χ0) is 15.4. The van der Waals surface area contributed by atoms with E-state index in [1.54, 1.807) is 29.5 Å². The number of hydrogen-bond donors (Lipinski definition) is 1. The van der Waals surface area contributed by atoms with Crippen LogP contribution in [0.15, 0.2) is 30.3 Å². The van der Waals surface area contributed by atoms with Gasteiger partial charge in [0.1, 0.15) is 5.75 Å². The van der Waals surface area contributed by atoms with Crippen LogP contribution < -0.4 is 10.1 Å². The van der Waals surface area contributed by atoms with E-state index in [9.17, 15) is 13.6 Å². The number of carbonyl (C=O) groups is 1. The van der Waals surface area contributed by atoms with E-state index in [0.29, 0.717) is 11.1 Å². The number of carbonyl (C=O) groups excluding carboxylic acids is 1. The Hall–Kier alpha value is -1.95. The number of benzene rings is 1. The monoisotopic (exact) mass is 311 g/mol. The zero-order valence-electron chi connectivity index (χ0n) is 11.7. The average molecular weight is 311 g/mol. The van der Waals surface area contributed by atoms with Gasteiger partial charge in [0, 0.05) is 21.9 Å². The van der Waals surface area contributed by atoms with E-state index in [0.717, 1.165) is 9.75 Å². The molecule has 0 aliphatic heterocycles. The molecule has 0 unspecified atom stereocenters. The lowest BCUT2D eigenvalue weighted by Crippen LogP contribution is -2.23. The van der Waals surface area contributed by atoms with Crippen LogP contribution in [-0.2, 0) is 6.54 Å². The molecule has 1 N–H and O–H groups in total. The molecular weight excluding hydrogens is 296 g/mol. The van der Waals surface area contributed by atoms with Crippen LogP contribution in [0.25, 0.3) is 0 Å². The Morgan fingerprint density at radius 1 is 1.33 bits per heavy atom. The van der Waals surface area contributed by atoms with Crippen LogP contribution in [0.2, 0.25) is 0 Å². The third-order valence-corrected chi connectivity index (χ3v) is 3.88. The number of aryl methyl sites for hydroxylation is 2. The summed E-state index contributed by atoms with van der Waals surface area (Å²) in [6.07, 6.45) is 0. The SMILES string of the molecule is Cc1cc(C(=O)NCc2ccccc2OC(F)F)c(C)s1. The summed E-state index contributed by atoms with van der Waals surface area (Å²) in [6.45, 7) is 1.06. The molecule has 6 heteroatoms. The van der Waals surface area contributed by atoms with Crippen molar-refractivity contribution in [3.63, 3.8) is 0 Å². The van der Waals surface area contributed by atoms with Crippen LogP contribution in [0, 0.1) is 13.8 Å². The molecule has 0 fully saturated rings. The van der Waals surface area contributed by atoms with Crippen LogP contribution in [0.4, 0.5) is 8.78 Å². The van der Waals surface area contributed by atoms with Crippen molar-refractivity contribution in [3.8, 4) is 5.75 Å². The minimum atomic E-state index is -2.89. The van der Waals surface area contributed by atoms with Crippen molar-refractivity contribution >= 4 is 17.2 Å². The molecule has 0 spiro atoms. The molecule has 1 heterocycles. The first kappa shape index (κ1) is 15.4. The summed E-state index contributed by atoms with van der Waals surface area (Å²) in [5, 5.41) is 2.73. The van der Waals surface area contributed by atoms with Gasteiger partial charge in [0.25, 0.3) is 5.91 Å². The van der Waals surface area contributed by atoms with Crippen molar-refractivity contribution in [2.45, 2.75) is 27.0 Å². The molecule has 3 nitrogen and oxygen atoms in total. The first-order valence-electron chi connectivity index (χ1n) is 6.35. The fourth-order valence-electron chi connectivity index (χ4n) is 1.99. The molecular formula is C15H15F2NO2S. The Morgan fingerprint density at radius 2 is 2.05 bits per heavy atom. The summed E-state index contributed by atoms with van der Waals surface area (Å²) in [6, 6.07) is 8.23. The minimum Gasteiger partial charge on any atom is -0.434 e. The van der Waals surface area contributed by atoms with Gasteiger partial charge in [0.2, 0.25) is 0 Å². The van der Waals surface area contributed by atoms with E-state index in [1.807, 2.05) is 19.9 Å². The van der Waals surface area contributed by atoms with E-state index in [1.165, 1.54) is 6.07 Å². The highest BCUT2D eigenvalue weighted by Gasteiger charge is 2.13. The number of ether oxygens (including phenoxy) is 1. The number of nitrogens with one attached hydrogen (secondary N) is 1. The van der Waals surface area contributed by atoms with Crippen molar-refractivity contribution in [2.75, 3.05) is 0 Å². The molecule has 0 saturated carbocycles. The van der Waals surface area contributed by atoms with Gasteiger partial charge < -0.3 is 10.1 Å². The number of amides is 1. The van der Waals surface area contributed by atoms with Gasteiger partial charge in [-0.15, -0.1) is 11.3 Å². The predicted molar refractivity (Wildman–Crippen MR) is 78.0 cm³/mol. The zero-order valence-corrected chi connectivity index (χ0v) is 12.5. The first-order valence-corrected chi connectivity index (χ1v) is 7.17. The van der Waals surface area contributed by atoms with E-state index in [-0.39, 0.29) is 18.2 Å². The Labute approximate surface area is 125 Å². The molecule has 0 aliphatic rings. The van der Waals surface area contributed by atoms with Crippen LogP contribution in [0.1, 0.15) is 25.7 Å². The van der Waals surface area contributed by atoms with Crippen molar-refractivity contribution in [2.24, 2.45) is 0 Å². The van der Waals surface area contributed by atoms with Gasteiger partial charge in [-0.25, -0.2) is 0 Å². The molecule has 0 radical (unpaired) electrons. The molecule has 1 amide bonds. The van der Waals surface area contributed by atoms with Gasteiger partial charge in [0.15, 0.2) is 0 Å². The fraction of sp³-hybridized carbons (Fsp3) is 0.267. The number of para-hydroxylation sites is 1. The molecule has 112 valence electrons. The molecule has 2 aromatic rings. The standard InChI is InChI=1S/C15H15F2NO2S/c1-9-7-12(10(2)21-9)14(19)18-8-11-5-3-4-6-13(11)20-15(16)17/h3-7,15H,8H2,1-2H3,(H,18,19). The summed E-state index contributed by atoms with van der Waals surface area (Å²) < 4.78 is 29.1. The lowest BCUT2D eigenvalue weighted by Gasteiger charge is -2.11. The third kappa shape index (κ3) is 4.01. The average Bonchev–Trinajstić information content (AvgIpc) is 2.76. The molecule has 0 saturated heterocycles. The largest absolute Gasteiger partial charge is 0.434 e. The van der Waals surface area contributed by atoms with Crippen molar-refractivity contribution < 1.29 is 18.3 Å². The Kier molecular flexibility index (Phi) is 4.90. The molecule has 2 rings (SSSR count). The maximum Gasteiger partial charge on any atom is 0.387 e. The molecule has 1 aromatic heterocycles. The molecule has 0 aliphatic carbocycles. The van der Waals surface area contributed by atoms with E-state index >= 15 is 0 Å². The van der Waals surface area contributed by atoms with E-state index < -0.39 is 6.61 Å². The van der Waals surface area contributed by atoms with Crippen molar-refractivity contribution in [3.05, 3.63) is 51.2 Å². The number of halogens is 2. The molecule has 21 heavy (non-hydrogen) atoms. The van der Waals surface area contributed by atoms with Crippen molar-refractivity contribution in [1.82, 2.24) is 5.32 Å². The summed E-state index contributed by atoms with van der Waals surface area (Å²) in [7, 11) is 0. The number of thiophene rings is 1. The Bertz CT molecular complexity index is 640. The number of rotatable bonds is 5. The molecule has 0 atom stereocenters. The maximum atomic E-state index is 12.3. The van der Waals surface area contributed by atoms with Gasteiger partial charge >= 0.3 is 6.61 Å². The fourth-order valence-corrected chi connectivity index (χ4v) is 2.91. The predicted octanol–water partition coefficient (Wildman–Crippen LogP) is 3.90. The minimum absolute atomic E-state index is 0.0750. The first-order chi connectivity index (χ1) is 9.97. The summed E-state index contributed by atoms with van der Waals surface area (Å²) in [4.78, 5) is 14.1. The highest BCUT2D eigenvalue weighted by molar-refractivity contribution is 7.12. The van der Waals surface area contributed by atoms with Crippen molar-refractivity contribution in [1.29, 1.82) is 0 Å². The van der Waals surface area contributed by atoms with E-state index in [4.69, 9.17) is 0 Å². The summed E-state index contributed by atoms with van der Waals surface area (Å²) in [5.41, 5.74) is 1.13. The second kappa shape index (κ2) is 6.67. The van der Waals surface area contributed by atoms with Crippen LogP contribution in [0.3, 0.4) is 0 Å². The highest BCUT2D eigenvalue weighted by Crippen LogP contribution is 2.22. The number of hydrogen-bond acceptors (Lipinski definition) is 3. The second-order valence-corrected chi connectivity index (χ2v) is 5.96. The van der Waals surface area contributed by atoms with Gasteiger partial charge in [-0.3, -0.25) is 4.79 Å². The summed E-state index contributed by atoms with van der Waals surface area (Å²) >= 11 is 1.55. The van der Waals surface area contributed by atoms with Crippen LogP contribution in [-0.4, -0.2) is 12.5 Å². The smallest absolute Gasteiger partial charge is 0.387 e. The quantitative estimate of drug-likeness (QED) is 0.909. The highest BCUT2D eigenvalue weighted by atomic mass is 32.1. The van der Waals surface area contributed by atoms with Crippen LogP contribution in [0.5, 0.6) is 5.75 Å². The topological polar surface area (TPSA) is 38.3 Å². The van der Waals surface area contributed by atoms with Gasteiger partial charge in [-0.2, -0.15) is 8.78 Å². The number of alkyl halides is 2. The van der Waals surface area contributed by atoms with Crippen LogP contribution >= 0.6 is 11.3 Å². The molecule has 0 bridgehead atoms. The summed E-state index contributed by atoms with van der Waals surface area (Å²) in [5.74, 6) is -0.144. The second-order valence-electron chi connectivity index (χ2n) is 4.50. The Balaban J connectivity index is 2.06. The normalized spacial score (nSPS) is 10.7. The molecule has 1 aromatic carbocycles. The maximum absolute atomic E-state index is 12.3. The van der Waals surface area contributed by atoms with Gasteiger partial charge in [-0.1, -0.05) is 18.2 Å². The third-order valence-electron chi connectivity index (χ3n) is 2.91.